The average Bonchev–Trinajstić information content (AvgIpc) is 3.25. The number of nitrogens with zero attached hydrogens (tertiary/aromatic N) is 1. The molecule has 0 atom stereocenters. The molecule has 0 aliphatic heterocycles. The van der Waals surface area contributed by atoms with E-state index < -0.39 is 10.0 Å². The van der Waals surface area contributed by atoms with Crippen LogP contribution in [-0.2, 0) is 21.3 Å². The van der Waals surface area contributed by atoms with E-state index in [1.807, 2.05) is 6.92 Å². The Balaban J connectivity index is 0.00000364. The lowest BCUT2D eigenvalue weighted by atomic mass is 9.83. The van der Waals surface area contributed by atoms with Crippen molar-refractivity contribution in [1.29, 1.82) is 0 Å². The zero-order valence-corrected chi connectivity index (χ0v) is 20.0. The van der Waals surface area contributed by atoms with E-state index in [1.165, 1.54) is 31.7 Å². The first-order valence-electron chi connectivity index (χ1n) is 9.01. The van der Waals surface area contributed by atoms with Gasteiger partial charge in [0, 0.05) is 31.7 Å². The number of ether oxygens (including phenoxy) is 1. The molecule has 10 heteroatoms. The van der Waals surface area contributed by atoms with Gasteiger partial charge in [0.1, 0.15) is 4.21 Å². The van der Waals surface area contributed by atoms with Gasteiger partial charge in [0.25, 0.3) is 0 Å². The normalized spacial score (nSPS) is 16.8. The molecule has 1 aliphatic carbocycles. The highest BCUT2D eigenvalue weighted by molar-refractivity contribution is 14.0. The number of methoxy groups -OCH3 is 1. The van der Waals surface area contributed by atoms with Crippen molar-refractivity contribution in [2.24, 2.45) is 15.5 Å². The maximum absolute atomic E-state index is 11.4. The van der Waals surface area contributed by atoms with Crippen LogP contribution in [0.15, 0.2) is 21.3 Å². The Kier molecular flexibility index (Phi) is 10.5. The molecule has 0 radical (unpaired) electrons. The number of hydrogen-bond acceptors (Lipinski definition) is 5. The Morgan fingerprint density at radius 2 is 2.04 bits per heavy atom. The number of sulfonamides is 1. The number of nitrogens with two attached hydrogens (primary N) is 1. The van der Waals surface area contributed by atoms with E-state index in [0.29, 0.717) is 6.54 Å². The molecule has 1 saturated carbocycles. The summed E-state index contributed by atoms with van der Waals surface area (Å²) in [5, 5.41) is 11.9. The zero-order valence-electron chi connectivity index (χ0n) is 16.0. The maximum Gasteiger partial charge on any atom is 0.247 e. The molecule has 1 aliphatic rings. The van der Waals surface area contributed by atoms with Gasteiger partial charge in [0.05, 0.1) is 6.54 Å². The van der Waals surface area contributed by atoms with Crippen LogP contribution in [0.5, 0.6) is 0 Å². The average molecular weight is 530 g/mol. The van der Waals surface area contributed by atoms with Crippen LogP contribution < -0.4 is 15.8 Å². The largest absolute Gasteiger partial charge is 0.385 e. The minimum atomic E-state index is -3.64. The lowest BCUT2D eigenvalue weighted by molar-refractivity contribution is 0.138. The van der Waals surface area contributed by atoms with Crippen molar-refractivity contribution in [2.75, 3.05) is 26.8 Å². The van der Waals surface area contributed by atoms with E-state index in [1.54, 1.807) is 13.2 Å². The molecule has 0 saturated heterocycles. The molecular formula is C17H31IN4O3S2. The minimum absolute atomic E-state index is 0. The number of primary sulfonamides is 1. The molecule has 2 rings (SSSR count). The maximum atomic E-state index is 11.4. The molecular weight excluding hydrogens is 499 g/mol. The Morgan fingerprint density at radius 3 is 2.59 bits per heavy atom. The van der Waals surface area contributed by atoms with Crippen LogP contribution in [0.25, 0.3) is 0 Å². The first-order valence-corrected chi connectivity index (χ1v) is 11.4. The number of guanidine groups is 1. The fraction of sp³-hybridized carbons (Fsp3) is 0.706. The predicted molar refractivity (Wildman–Crippen MR) is 121 cm³/mol. The van der Waals surface area contributed by atoms with Gasteiger partial charge in [-0.05, 0) is 43.7 Å². The van der Waals surface area contributed by atoms with Crippen LogP contribution >= 0.6 is 35.3 Å². The van der Waals surface area contributed by atoms with Gasteiger partial charge in [-0.3, -0.25) is 0 Å². The second-order valence-electron chi connectivity index (χ2n) is 6.76. The molecule has 0 spiro atoms. The fourth-order valence-corrected chi connectivity index (χ4v) is 5.03. The van der Waals surface area contributed by atoms with Crippen molar-refractivity contribution in [3.05, 3.63) is 17.0 Å². The summed E-state index contributed by atoms with van der Waals surface area (Å²) < 4.78 is 28.2. The van der Waals surface area contributed by atoms with E-state index in [4.69, 9.17) is 9.88 Å². The molecule has 1 heterocycles. The van der Waals surface area contributed by atoms with E-state index in [0.717, 1.165) is 48.3 Å². The fourth-order valence-electron chi connectivity index (χ4n) is 3.32. The van der Waals surface area contributed by atoms with Gasteiger partial charge in [-0.1, -0.05) is 12.8 Å². The topological polar surface area (TPSA) is 106 Å². The number of halogens is 1. The third kappa shape index (κ3) is 7.84. The molecule has 156 valence electrons. The molecule has 1 aromatic rings. The number of rotatable bonds is 9. The predicted octanol–water partition coefficient (Wildman–Crippen LogP) is 2.67. The van der Waals surface area contributed by atoms with Crippen LogP contribution in [0.2, 0.25) is 0 Å². The van der Waals surface area contributed by atoms with Crippen LogP contribution in [0.3, 0.4) is 0 Å². The van der Waals surface area contributed by atoms with Gasteiger partial charge >= 0.3 is 0 Å². The quantitative estimate of drug-likeness (QED) is 0.259. The number of nitrogens with one attached hydrogen (secondary N) is 2. The first-order chi connectivity index (χ1) is 12.4. The highest BCUT2D eigenvalue weighted by Crippen LogP contribution is 2.40. The van der Waals surface area contributed by atoms with Crippen molar-refractivity contribution in [2.45, 2.75) is 49.8 Å². The highest BCUT2D eigenvalue weighted by atomic mass is 127. The van der Waals surface area contributed by atoms with Gasteiger partial charge in [0.2, 0.25) is 10.0 Å². The van der Waals surface area contributed by atoms with Crippen molar-refractivity contribution in [3.8, 4) is 0 Å². The van der Waals surface area contributed by atoms with E-state index in [9.17, 15) is 8.42 Å². The molecule has 0 amide bonds. The van der Waals surface area contributed by atoms with Crippen LogP contribution in [0.4, 0.5) is 0 Å². The number of aliphatic imine (C=N–C) groups is 1. The van der Waals surface area contributed by atoms with Crippen LogP contribution in [0, 0.1) is 5.41 Å². The first kappa shape index (κ1) is 24.6. The Labute approximate surface area is 183 Å². The third-order valence-corrected chi connectivity index (χ3v) is 7.29. The summed E-state index contributed by atoms with van der Waals surface area (Å²) in [6.45, 7) is 4.86. The summed E-state index contributed by atoms with van der Waals surface area (Å²) in [7, 11) is -1.89. The molecule has 4 N–H and O–H groups in total. The summed E-state index contributed by atoms with van der Waals surface area (Å²) in [6.07, 6.45) is 6.02. The SMILES string of the molecule is CCNC(=NCc1ccc(S(N)(=O)=O)s1)NCC1(CCOC)CCCC1.I. The van der Waals surface area contributed by atoms with Crippen molar-refractivity contribution in [1.82, 2.24) is 10.6 Å². The standard InChI is InChI=1S/C17H30N4O3S2.HI/c1-3-19-16(20-12-14-6-7-15(25-14)26(18,22)23)21-13-17(10-11-24-2)8-4-5-9-17;/h6-7H,3-5,8-13H2,1-2H3,(H2,18,22,23)(H2,19,20,21);1H. The van der Waals surface area contributed by atoms with Gasteiger partial charge in [0.15, 0.2) is 5.96 Å². The highest BCUT2D eigenvalue weighted by Gasteiger charge is 2.33. The van der Waals surface area contributed by atoms with Crippen LogP contribution in [-0.4, -0.2) is 41.2 Å². The molecule has 27 heavy (non-hydrogen) atoms. The summed E-state index contributed by atoms with van der Waals surface area (Å²) in [5.74, 6) is 0.752. The monoisotopic (exact) mass is 530 g/mol. The minimum Gasteiger partial charge on any atom is -0.385 e. The van der Waals surface area contributed by atoms with E-state index >= 15 is 0 Å². The zero-order chi connectivity index (χ0) is 19.0. The van der Waals surface area contributed by atoms with Crippen molar-refractivity contribution < 1.29 is 13.2 Å². The Bertz CT molecular complexity index is 701. The van der Waals surface area contributed by atoms with Crippen LogP contribution in [0.1, 0.15) is 43.9 Å². The van der Waals surface area contributed by atoms with Gasteiger partial charge in [-0.2, -0.15) is 0 Å². The second-order valence-corrected chi connectivity index (χ2v) is 9.72. The lowest BCUT2D eigenvalue weighted by Gasteiger charge is -2.30. The molecule has 0 unspecified atom stereocenters. The Morgan fingerprint density at radius 1 is 1.33 bits per heavy atom. The summed E-state index contributed by atoms with van der Waals surface area (Å²) >= 11 is 1.16. The third-order valence-electron chi connectivity index (χ3n) is 4.79. The molecule has 0 bridgehead atoms. The van der Waals surface area contributed by atoms with Crippen molar-refractivity contribution >= 4 is 51.3 Å². The second kappa shape index (κ2) is 11.5. The molecule has 7 nitrogen and oxygen atoms in total. The van der Waals surface area contributed by atoms with Gasteiger partial charge in [-0.25, -0.2) is 18.5 Å². The molecule has 0 aromatic carbocycles. The van der Waals surface area contributed by atoms with Gasteiger partial charge < -0.3 is 15.4 Å². The van der Waals surface area contributed by atoms with E-state index in [2.05, 4.69) is 15.6 Å². The number of hydrogen-bond donors (Lipinski definition) is 3. The lowest BCUT2D eigenvalue weighted by Crippen LogP contribution is -2.43. The smallest absolute Gasteiger partial charge is 0.247 e. The Hall–Kier alpha value is -0.430. The molecule has 1 fully saturated rings. The summed E-state index contributed by atoms with van der Waals surface area (Å²) in [4.78, 5) is 5.45. The summed E-state index contributed by atoms with van der Waals surface area (Å²) in [6, 6.07) is 3.29. The summed E-state index contributed by atoms with van der Waals surface area (Å²) in [5.41, 5.74) is 0.274. The molecule has 1 aromatic heterocycles. The number of thiophene rings is 1. The van der Waals surface area contributed by atoms with Gasteiger partial charge in [-0.15, -0.1) is 35.3 Å². The van der Waals surface area contributed by atoms with Crippen molar-refractivity contribution in [3.63, 3.8) is 0 Å². The van der Waals surface area contributed by atoms with E-state index in [-0.39, 0.29) is 33.6 Å².